The molecule has 2 N–H and O–H groups in total. The molecule has 0 bridgehead atoms. The molecular formula is C32H31ClN6O. The van der Waals surface area contributed by atoms with Crippen molar-refractivity contribution in [1.29, 1.82) is 5.26 Å². The first kappa shape index (κ1) is 26.0. The van der Waals surface area contributed by atoms with Gasteiger partial charge in [-0.05, 0) is 103 Å². The van der Waals surface area contributed by atoms with Gasteiger partial charge in [-0.2, -0.15) is 5.26 Å². The minimum atomic E-state index is -0.102. The average molecular weight is 551 g/mol. The van der Waals surface area contributed by atoms with E-state index in [-0.39, 0.29) is 18.0 Å². The Morgan fingerprint density at radius 3 is 2.73 bits per heavy atom. The van der Waals surface area contributed by atoms with Crippen LogP contribution in [-0.4, -0.2) is 39.6 Å². The Kier molecular flexibility index (Phi) is 7.19. The second-order valence-corrected chi connectivity index (χ2v) is 11.2. The van der Waals surface area contributed by atoms with Gasteiger partial charge in [0.25, 0.3) is 0 Å². The normalized spacial score (nSPS) is 20.3. The number of carbonyl (C=O) groups is 1. The smallest absolute Gasteiger partial charge is 0.321 e. The molecule has 7 nitrogen and oxygen atoms in total. The zero-order valence-corrected chi connectivity index (χ0v) is 23.1. The molecule has 1 aromatic heterocycles. The number of benzene rings is 2. The van der Waals surface area contributed by atoms with E-state index >= 15 is 0 Å². The SMILES string of the molecule is Cc1cn(CC2=Cc3cc(Cl)ccc3C(C3CCN(C(=O)Nc4ccc(C#N)cc4)CC3)C3NC=CC=C23)cn1. The number of anilines is 1. The Hall–Kier alpha value is -4.28. The maximum Gasteiger partial charge on any atom is 0.321 e. The second-order valence-electron chi connectivity index (χ2n) is 10.7. The highest BCUT2D eigenvalue weighted by Crippen LogP contribution is 2.45. The lowest BCUT2D eigenvalue weighted by molar-refractivity contribution is 0.169. The number of urea groups is 1. The van der Waals surface area contributed by atoms with Crippen molar-refractivity contribution >= 4 is 29.4 Å². The van der Waals surface area contributed by atoms with Gasteiger partial charge in [-0.1, -0.05) is 23.7 Å². The van der Waals surface area contributed by atoms with Gasteiger partial charge in [-0.15, -0.1) is 0 Å². The number of likely N-dealkylation sites (tertiary alicyclic amines) is 1. The summed E-state index contributed by atoms with van der Waals surface area (Å²) in [7, 11) is 0. The van der Waals surface area contributed by atoms with Gasteiger partial charge in [-0.3, -0.25) is 0 Å². The summed E-state index contributed by atoms with van der Waals surface area (Å²) >= 11 is 6.51. The van der Waals surface area contributed by atoms with Gasteiger partial charge in [0.05, 0.1) is 29.7 Å². The fourth-order valence-corrected chi connectivity index (χ4v) is 6.42. The quantitative estimate of drug-likeness (QED) is 0.402. The molecule has 2 aromatic carbocycles. The number of nitriles is 1. The van der Waals surface area contributed by atoms with Gasteiger partial charge in [0, 0.05) is 42.5 Å². The van der Waals surface area contributed by atoms with E-state index in [1.807, 2.05) is 30.4 Å². The number of halogens is 1. The minimum Gasteiger partial charge on any atom is -0.383 e. The predicted molar refractivity (Wildman–Crippen MR) is 158 cm³/mol. The molecule has 202 valence electrons. The van der Waals surface area contributed by atoms with Crippen LogP contribution in [0.25, 0.3) is 6.08 Å². The summed E-state index contributed by atoms with van der Waals surface area (Å²) in [5.41, 5.74) is 7.23. The molecule has 1 fully saturated rings. The summed E-state index contributed by atoms with van der Waals surface area (Å²) in [5, 5.41) is 16.4. The number of nitrogens with one attached hydrogen (secondary N) is 2. The Morgan fingerprint density at radius 1 is 1.20 bits per heavy atom. The first-order valence-electron chi connectivity index (χ1n) is 13.7. The fraction of sp³-hybridized carbons (Fsp3) is 0.281. The number of rotatable bonds is 4. The van der Waals surface area contributed by atoms with Gasteiger partial charge >= 0.3 is 6.03 Å². The van der Waals surface area contributed by atoms with Crippen LogP contribution in [-0.2, 0) is 6.54 Å². The first-order chi connectivity index (χ1) is 19.5. The third kappa shape index (κ3) is 5.28. The molecule has 3 aliphatic rings. The first-order valence-corrected chi connectivity index (χ1v) is 14.0. The summed E-state index contributed by atoms with van der Waals surface area (Å²) in [4.78, 5) is 19.4. The maximum absolute atomic E-state index is 13.0. The Labute approximate surface area is 239 Å². The summed E-state index contributed by atoms with van der Waals surface area (Å²) < 4.78 is 2.13. The van der Waals surface area contributed by atoms with E-state index in [2.05, 4.69) is 62.8 Å². The van der Waals surface area contributed by atoms with Gasteiger partial charge in [0.15, 0.2) is 0 Å². The van der Waals surface area contributed by atoms with E-state index in [0.717, 1.165) is 35.7 Å². The molecule has 0 saturated carbocycles. The lowest BCUT2D eigenvalue weighted by Crippen LogP contribution is -2.45. The van der Waals surface area contributed by atoms with Crippen molar-refractivity contribution in [2.45, 2.75) is 38.3 Å². The zero-order chi connectivity index (χ0) is 27.6. The standard InChI is InChI=1S/C32H31ClN6O/c1-21-18-38(20-36-21)19-25-15-24-16-26(33)6-9-28(24)30(31-29(25)3-2-12-35-31)23-10-13-39(14-11-23)32(40)37-27-7-4-22(17-34)5-8-27/h2-9,12,15-16,18,20,23,30-31,35H,10-11,13-14,19H2,1H3,(H,37,40). The van der Waals surface area contributed by atoms with Crippen LogP contribution in [0.3, 0.4) is 0 Å². The molecule has 0 radical (unpaired) electrons. The minimum absolute atomic E-state index is 0.102. The summed E-state index contributed by atoms with van der Waals surface area (Å²) in [5.74, 6) is 0.611. The lowest BCUT2D eigenvalue weighted by Gasteiger charge is -2.41. The van der Waals surface area contributed by atoms with E-state index in [1.165, 1.54) is 16.7 Å². The van der Waals surface area contributed by atoms with E-state index in [9.17, 15) is 4.79 Å². The number of fused-ring (bicyclic) bond motifs is 2. The largest absolute Gasteiger partial charge is 0.383 e. The highest BCUT2D eigenvalue weighted by atomic mass is 35.5. The van der Waals surface area contributed by atoms with Crippen LogP contribution in [0.5, 0.6) is 0 Å². The molecule has 3 heterocycles. The zero-order valence-electron chi connectivity index (χ0n) is 22.3. The number of piperidine rings is 1. The van der Waals surface area contributed by atoms with E-state index < -0.39 is 0 Å². The number of aromatic nitrogens is 2. The molecule has 2 aliphatic heterocycles. The molecule has 2 atom stereocenters. The lowest BCUT2D eigenvalue weighted by atomic mass is 9.73. The molecular weight excluding hydrogens is 520 g/mol. The topological polar surface area (TPSA) is 86.0 Å². The van der Waals surface area contributed by atoms with E-state index in [1.54, 1.807) is 24.3 Å². The van der Waals surface area contributed by atoms with E-state index in [0.29, 0.717) is 30.3 Å². The average Bonchev–Trinajstić information content (AvgIpc) is 3.33. The number of carbonyl (C=O) groups excluding carboxylic acids is 1. The highest BCUT2D eigenvalue weighted by molar-refractivity contribution is 6.30. The highest BCUT2D eigenvalue weighted by Gasteiger charge is 2.39. The molecule has 8 heteroatoms. The van der Waals surface area contributed by atoms with Gasteiger partial charge < -0.3 is 20.1 Å². The van der Waals surface area contributed by atoms with Gasteiger partial charge in [-0.25, -0.2) is 9.78 Å². The van der Waals surface area contributed by atoms with Gasteiger partial charge in [0.1, 0.15) is 0 Å². The Morgan fingerprint density at radius 2 is 2.00 bits per heavy atom. The summed E-state index contributed by atoms with van der Waals surface area (Å²) in [6.45, 7) is 4.10. The van der Waals surface area contributed by atoms with Crippen molar-refractivity contribution in [2.75, 3.05) is 18.4 Å². The third-order valence-corrected chi connectivity index (χ3v) is 8.40. The fourth-order valence-electron chi connectivity index (χ4n) is 6.24. The van der Waals surface area contributed by atoms with Crippen LogP contribution in [0.4, 0.5) is 10.5 Å². The third-order valence-electron chi connectivity index (χ3n) is 8.17. The van der Waals surface area contributed by atoms with Crippen LogP contribution in [0, 0.1) is 24.2 Å². The number of dihydropyridines is 1. The molecule has 1 aliphatic carbocycles. The van der Waals surface area contributed by atoms with E-state index in [4.69, 9.17) is 16.9 Å². The van der Waals surface area contributed by atoms with Gasteiger partial charge in [0.2, 0.25) is 0 Å². The number of amides is 2. The number of imidazole rings is 1. The van der Waals surface area contributed by atoms with Crippen LogP contribution >= 0.6 is 11.6 Å². The van der Waals surface area contributed by atoms with Crippen molar-refractivity contribution in [2.24, 2.45) is 5.92 Å². The Bertz CT molecular complexity index is 1550. The number of allylic oxidation sites excluding steroid dienone is 2. The molecule has 0 spiro atoms. The molecule has 6 rings (SSSR count). The number of nitrogens with zero attached hydrogens (tertiary/aromatic N) is 4. The van der Waals surface area contributed by atoms with Crippen molar-refractivity contribution in [3.8, 4) is 6.07 Å². The van der Waals surface area contributed by atoms with Crippen LogP contribution in [0.2, 0.25) is 5.02 Å². The molecule has 1 saturated heterocycles. The molecule has 3 aromatic rings. The molecule has 2 unspecified atom stereocenters. The van der Waals surface area contributed by atoms with Crippen molar-refractivity contribution in [3.63, 3.8) is 0 Å². The number of hydrogen-bond donors (Lipinski definition) is 2. The molecule has 40 heavy (non-hydrogen) atoms. The van der Waals surface area contributed by atoms with Crippen molar-refractivity contribution < 1.29 is 4.79 Å². The van der Waals surface area contributed by atoms with Crippen molar-refractivity contribution in [3.05, 3.63) is 112 Å². The number of aryl methyl sites for hydroxylation is 1. The van der Waals surface area contributed by atoms with Crippen LogP contribution < -0.4 is 10.6 Å². The second kappa shape index (κ2) is 11.1. The monoisotopic (exact) mass is 550 g/mol. The molecule has 2 amide bonds. The predicted octanol–water partition coefficient (Wildman–Crippen LogP) is 6.25. The van der Waals surface area contributed by atoms with Crippen molar-refractivity contribution in [1.82, 2.24) is 19.8 Å². The summed E-state index contributed by atoms with van der Waals surface area (Å²) in [6, 6.07) is 15.3. The number of hydrogen-bond acceptors (Lipinski definition) is 4. The Balaban J connectivity index is 1.24. The maximum atomic E-state index is 13.0. The van der Waals surface area contributed by atoms with Crippen LogP contribution in [0.1, 0.15) is 41.1 Å². The van der Waals surface area contributed by atoms with Crippen LogP contribution in [0.15, 0.2) is 84.5 Å². The summed E-state index contributed by atoms with van der Waals surface area (Å²) in [6.07, 6.45) is 14.4.